The number of hydrogen-bond acceptors (Lipinski definition) is 9. The highest BCUT2D eigenvalue weighted by Gasteiger charge is 2.23. The minimum Gasteiger partial charge on any atom is -0.379 e. The summed E-state index contributed by atoms with van der Waals surface area (Å²) in [7, 11) is 0. The van der Waals surface area contributed by atoms with Gasteiger partial charge >= 0.3 is 0 Å². The predicted molar refractivity (Wildman–Crippen MR) is 106 cm³/mol. The molecule has 9 heteroatoms. The minimum absolute atomic E-state index is 0.308. The Morgan fingerprint density at radius 1 is 0.567 bits per heavy atom. The lowest BCUT2D eigenvalue weighted by Crippen LogP contribution is -2.12. The van der Waals surface area contributed by atoms with Crippen LogP contribution in [0.15, 0.2) is 0 Å². The van der Waals surface area contributed by atoms with Crippen LogP contribution in [-0.4, -0.2) is 92.7 Å². The lowest BCUT2D eigenvalue weighted by molar-refractivity contribution is 0.113. The average molecular weight is 424 g/mol. The van der Waals surface area contributed by atoms with Crippen molar-refractivity contribution in [1.82, 2.24) is 15.0 Å². The van der Waals surface area contributed by atoms with E-state index in [1.54, 1.807) is 0 Å². The maximum atomic E-state index is 5.62. The Kier molecular flexibility index (Phi) is 8.77. The molecule has 0 amide bonds. The van der Waals surface area contributed by atoms with Crippen molar-refractivity contribution in [3.8, 4) is 0 Å². The molecule has 4 rings (SSSR count). The van der Waals surface area contributed by atoms with E-state index in [2.05, 4.69) is 15.0 Å². The minimum atomic E-state index is 0.308. The number of nitrogens with zero attached hydrogens (tertiary/aromatic N) is 3. The predicted octanol–water partition coefficient (Wildman–Crippen LogP) is 0.916. The normalized spacial score (nSPS) is 24.2. The van der Waals surface area contributed by atoms with Gasteiger partial charge < -0.3 is 28.4 Å². The summed E-state index contributed by atoms with van der Waals surface area (Å²) in [6, 6.07) is 0. The Bertz CT molecular complexity index is 539. The van der Waals surface area contributed by atoms with Crippen molar-refractivity contribution in [2.45, 2.75) is 56.8 Å². The van der Waals surface area contributed by atoms with Crippen LogP contribution in [0, 0.1) is 0 Å². The summed E-state index contributed by atoms with van der Waals surface area (Å²) < 4.78 is 32.3. The van der Waals surface area contributed by atoms with Crippen LogP contribution in [0.4, 0.5) is 0 Å². The van der Waals surface area contributed by atoms with Crippen molar-refractivity contribution in [3.05, 3.63) is 17.5 Å². The van der Waals surface area contributed by atoms with Crippen molar-refractivity contribution in [2.75, 3.05) is 59.5 Å². The van der Waals surface area contributed by atoms with Crippen molar-refractivity contribution in [1.29, 1.82) is 0 Å². The van der Waals surface area contributed by atoms with Gasteiger partial charge in [-0.25, -0.2) is 15.0 Å². The molecular weight excluding hydrogens is 390 g/mol. The molecule has 0 N–H and O–H groups in total. The van der Waals surface area contributed by atoms with E-state index in [0.717, 1.165) is 75.8 Å². The molecule has 30 heavy (non-hydrogen) atoms. The lowest BCUT2D eigenvalue weighted by atomic mass is 10.2. The molecule has 1 aromatic rings. The summed E-state index contributed by atoms with van der Waals surface area (Å²) >= 11 is 0. The van der Waals surface area contributed by atoms with Crippen LogP contribution in [-0.2, 0) is 47.7 Å². The fraction of sp³-hybridized carbons (Fsp3) is 0.857. The van der Waals surface area contributed by atoms with Gasteiger partial charge in [0.05, 0.1) is 39.6 Å². The quantitative estimate of drug-likeness (QED) is 0.252. The second-order valence-electron chi connectivity index (χ2n) is 7.99. The molecule has 3 fully saturated rings. The highest BCUT2D eigenvalue weighted by atomic mass is 16.6. The van der Waals surface area contributed by atoms with E-state index in [0.29, 0.717) is 58.0 Å². The zero-order chi connectivity index (χ0) is 20.4. The van der Waals surface area contributed by atoms with Gasteiger partial charge in [-0.3, -0.25) is 0 Å². The molecule has 3 saturated heterocycles. The monoisotopic (exact) mass is 423 g/mol. The third kappa shape index (κ3) is 9.28. The zero-order valence-corrected chi connectivity index (χ0v) is 17.6. The number of rotatable bonds is 18. The van der Waals surface area contributed by atoms with Gasteiger partial charge in [-0.1, -0.05) is 0 Å². The van der Waals surface area contributed by atoms with Crippen molar-refractivity contribution in [3.63, 3.8) is 0 Å². The van der Waals surface area contributed by atoms with E-state index < -0.39 is 0 Å². The molecule has 3 unspecified atom stereocenters. The van der Waals surface area contributed by atoms with E-state index in [1.165, 1.54) is 0 Å². The van der Waals surface area contributed by atoms with E-state index >= 15 is 0 Å². The third-order valence-corrected chi connectivity index (χ3v) is 4.96. The van der Waals surface area contributed by atoms with Crippen LogP contribution in [0.2, 0.25) is 0 Å². The zero-order valence-electron chi connectivity index (χ0n) is 17.6. The van der Waals surface area contributed by atoms with E-state index in [4.69, 9.17) is 28.4 Å². The van der Waals surface area contributed by atoms with Gasteiger partial charge in [-0.05, 0) is 19.3 Å². The molecule has 0 saturated carbocycles. The first kappa shape index (κ1) is 22.0. The van der Waals surface area contributed by atoms with Crippen LogP contribution < -0.4 is 0 Å². The molecule has 0 spiro atoms. The first-order chi connectivity index (χ1) is 14.8. The maximum absolute atomic E-state index is 5.62. The molecule has 3 aliphatic rings. The Morgan fingerprint density at radius 3 is 1.13 bits per heavy atom. The van der Waals surface area contributed by atoms with Gasteiger partial charge in [-0.2, -0.15) is 0 Å². The molecule has 3 atom stereocenters. The second kappa shape index (κ2) is 12.0. The Hall–Kier alpha value is -1.23. The summed E-state index contributed by atoms with van der Waals surface area (Å²) in [6.45, 7) is 6.64. The molecular formula is C21H33N3O6. The standard InChI is InChI=1S/C21H33N3O6/c1(7-25-10-16-13-28-16)4-19-22-20(5-2-8-26-11-17-14-29-17)24-21(23-19)6-3-9-27-12-18-15-30-18/h16-18H,1-15H2. The fourth-order valence-corrected chi connectivity index (χ4v) is 2.99. The van der Waals surface area contributed by atoms with E-state index in [9.17, 15) is 0 Å². The Labute approximate surface area is 177 Å². The molecule has 3 aliphatic heterocycles. The molecule has 0 bridgehead atoms. The molecule has 168 valence electrons. The van der Waals surface area contributed by atoms with Crippen LogP contribution >= 0.6 is 0 Å². The topological polar surface area (TPSA) is 104 Å². The fourth-order valence-electron chi connectivity index (χ4n) is 2.99. The Morgan fingerprint density at radius 2 is 0.867 bits per heavy atom. The maximum Gasteiger partial charge on any atom is 0.132 e. The molecule has 4 heterocycles. The lowest BCUT2D eigenvalue weighted by Gasteiger charge is -2.08. The Balaban J connectivity index is 1.19. The summed E-state index contributed by atoms with van der Waals surface area (Å²) in [5, 5.41) is 0. The number of aromatic nitrogens is 3. The SMILES string of the molecule is C(COCC1CO1)Cc1nc(CCCOCC2CO2)nc(CCCOCC2CO2)n1. The summed E-state index contributed by atoms with van der Waals surface area (Å²) in [5.41, 5.74) is 0. The van der Waals surface area contributed by atoms with Gasteiger partial charge in [0.25, 0.3) is 0 Å². The first-order valence-electron chi connectivity index (χ1n) is 11.2. The highest BCUT2D eigenvalue weighted by Crippen LogP contribution is 2.11. The van der Waals surface area contributed by atoms with Gasteiger partial charge in [0.15, 0.2) is 0 Å². The van der Waals surface area contributed by atoms with Crippen molar-refractivity contribution >= 4 is 0 Å². The highest BCUT2D eigenvalue weighted by molar-refractivity contribution is 4.99. The van der Waals surface area contributed by atoms with Gasteiger partial charge in [0.2, 0.25) is 0 Å². The van der Waals surface area contributed by atoms with Gasteiger partial charge in [0.1, 0.15) is 35.8 Å². The first-order valence-corrected chi connectivity index (χ1v) is 11.2. The molecule has 9 nitrogen and oxygen atoms in total. The third-order valence-electron chi connectivity index (χ3n) is 4.96. The summed E-state index contributed by atoms with van der Waals surface area (Å²) in [5.74, 6) is 2.54. The molecule has 1 aromatic heterocycles. The second-order valence-corrected chi connectivity index (χ2v) is 7.99. The van der Waals surface area contributed by atoms with Crippen LogP contribution in [0.1, 0.15) is 36.7 Å². The number of aryl methyl sites for hydroxylation is 3. The van der Waals surface area contributed by atoms with E-state index in [1.807, 2.05) is 0 Å². The number of hydrogen-bond donors (Lipinski definition) is 0. The largest absolute Gasteiger partial charge is 0.379 e. The van der Waals surface area contributed by atoms with Crippen LogP contribution in [0.25, 0.3) is 0 Å². The van der Waals surface area contributed by atoms with Crippen molar-refractivity contribution < 1.29 is 28.4 Å². The number of epoxide rings is 3. The molecule has 0 radical (unpaired) electrons. The summed E-state index contributed by atoms with van der Waals surface area (Å²) in [6.07, 6.45) is 5.98. The molecule has 0 aliphatic carbocycles. The van der Waals surface area contributed by atoms with Crippen molar-refractivity contribution in [2.24, 2.45) is 0 Å². The molecule has 0 aromatic carbocycles. The van der Waals surface area contributed by atoms with Crippen LogP contribution in [0.5, 0.6) is 0 Å². The smallest absolute Gasteiger partial charge is 0.132 e. The van der Waals surface area contributed by atoms with Crippen LogP contribution in [0.3, 0.4) is 0 Å². The summed E-state index contributed by atoms with van der Waals surface area (Å²) in [4.78, 5) is 14.0. The van der Waals surface area contributed by atoms with Gasteiger partial charge in [0, 0.05) is 39.1 Å². The van der Waals surface area contributed by atoms with Gasteiger partial charge in [-0.15, -0.1) is 0 Å². The van der Waals surface area contributed by atoms with E-state index in [-0.39, 0.29) is 0 Å². The number of ether oxygens (including phenoxy) is 6. The average Bonchev–Trinajstić information content (AvgIpc) is 3.60.